The molecule has 0 aliphatic carbocycles. The number of benzene rings is 1. The second-order valence-corrected chi connectivity index (χ2v) is 10.3. The van der Waals surface area contributed by atoms with Crippen molar-refractivity contribution in [2.75, 3.05) is 39.0 Å². The van der Waals surface area contributed by atoms with E-state index in [-0.39, 0.29) is 11.7 Å². The quantitative estimate of drug-likeness (QED) is 0.593. The van der Waals surface area contributed by atoms with Crippen LogP contribution in [0.5, 0.6) is 0 Å². The van der Waals surface area contributed by atoms with Gasteiger partial charge in [-0.3, -0.25) is 9.79 Å². The SMILES string of the molecule is CCN(CC)C(=O)c1ccc(CNC(=NC)N2CCS(=O)(=O)C(C)(C)C2)cc1. The second kappa shape index (κ2) is 8.94. The normalized spacial score (nSPS) is 18.6. The van der Waals surface area contributed by atoms with Crippen molar-refractivity contribution in [3.63, 3.8) is 0 Å². The van der Waals surface area contributed by atoms with Crippen molar-refractivity contribution in [2.45, 2.75) is 39.0 Å². The third-order valence-electron chi connectivity index (χ3n) is 5.26. The van der Waals surface area contributed by atoms with Crippen molar-refractivity contribution >= 4 is 21.7 Å². The van der Waals surface area contributed by atoms with E-state index in [0.29, 0.717) is 44.2 Å². The highest BCUT2D eigenvalue weighted by atomic mass is 32.2. The summed E-state index contributed by atoms with van der Waals surface area (Å²) >= 11 is 0. The molecular formula is C20H32N4O3S. The van der Waals surface area contributed by atoms with Gasteiger partial charge in [0.2, 0.25) is 0 Å². The predicted octanol–water partition coefficient (Wildman–Crippen LogP) is 1.75. The summed E-state index contributed by atoms with van der Waals surface area (Å²) in [6, 6.07) is 7.55. The van der Waals surface area contributed by atoms with E-state index in [0.717, 1.165) is 5.56 Å². The number of nitrogens with zero attached hydrogens (tertiary/aromatic N) is 3. The highest BCUT2D eigenvalue weighted by Gasteiger charge is 2.40. The van der Waals surface area contributed by atoms with Gasteiger partial charge in [-0.05, 0) is 45.4 Å². The molecule has 0 radical (unpaired) electrons. The van der Waals surface area contributed by atoms with Crippen molar-refractivity contribution in [1.82, 2.24) is 15.1 Å². The van der Waals surface area contributed by atoms with Crippen molar-refractivity contribution in [2.24, 2.45) is 4.99 Å². The number of carbonyl (C=O) groups excluding carboxylic acids is 1. The molecule has 0 saturated carbocycles. The first-order chi connectivity index (χ1) is 13.1. The predicted molar refractivity (Wildman–Crippen MR) is 113 cm³/mol. The summed E-state index contributed by atoms with van der Waals surface area (Å²) in [7, 11) is -1.39. The monoisotopic (exact) mass is 408 g/mol. The Labute approximate surface area is 168 Å². The maximum atomic E-state index is 12.4. The summed E-state index contributed by atoms with van der Waals surface area (Å²) in [4.78, 5) is 20.5. The highest BCUT2D eigenvalue weighted by Crippen LogP contribution is 2.23. The lowest BCUT2D eigenvalue weighted by molar-refractivity contribution is 0.0773. The van der Waals surface area contributed by atoms with Crippen LogP contribution >= 0.6 is 0 Å². The van der Waals surface area contributed by atoms with E-state index in [2.05, 4.69) is 10.3 Å². The lowest BCUT2D eigenvalue weighted by Gasteiger charge is -2.39. The molecule has 28 heavy (non-hydrogen) atoms. The molecule has 156 valence electrons. The van der Waals surface area contributed by atoms with E-state index in [4.69, 9.17) is 0 Å². The molecule has 1 fully saturated rings. The maximum absolute atomic E-state index is 12.4. The van der Waals surface area contributed by atoms with Gasteiger partial charge in [0.15, 0.2) is 15.8 Å². The van der Waals surface area contributed by atoms with Gasteiger partial charge in [-0.1, -0.05) is 12.1 Å². The van der Waals surface area contributed by atoms with Gasteiger partial charge in [0, 0.05) is 45.3 Å². The Balaban J connectivity index is 2.00. The van der Waals surface area contributed by atoms with E-state index < -0.39 is 14.6 Å². The van der Waals surface area contributed by atoms with Gasteiger partial charge in [-0.2, -0.15) is 0 Å². The van der Waals surface area contributed by atoms with Crippen molar-refractivity contribution in [3.05, 3.63) is 35.4 Å². The molecule has 1 heterocycles. The van der Waals surface area contributed by atoms with Gasteiger partial charge in [-0.25, -0.2) is 8.42 Å². The Bertz CT molecular complexity index is 812. The third kappa shape index (κ3) is 4.84. The molecular weight excluding hydrogens is 376 g/mol. The van der Waals surface area contributed by atoms with Crippen LogP contribution in [-0.2, 0) is 16.4 Å². The summed E-state index contributed by atoms with van der Waals surface area (Å²) in [5.41, 5.74) is 1.71. The van der Waals surface area contributed by atoms with Crippen LogP contribution in [0.15, 0.2) is 29.3 Å². The average molecular weight is 409 g/mol. The maximum Gasteiger partial charge on any atom is 0.253 e. The van der Waals surface area contributed by atoms with Gasteiger partial charge in [0.25, 0.3) is 5.91 Å². The van der Waals surface area contributed by atoms with Crippen LogP contribution in [0.4, 0.5) is 0 Å². The second-order valence-electron chi connectivity index (χ2n) is 7.58. The first-order valence-corrected chi connectivity index (χ1v) is 11.4. The van der Waals surface area contributed by atoms with Gasteiger partial charge in [-0.15, -0.1) is 0 Å². The molecule has 0 spiro atoms. The standard InChI is InChI=1S/C20H32N4O3S/c1-6-23(7-2)18(25)17-10-8-16(9-11-17)14-22-19(21-5)24-12-13-28(26,27)20(3,4)15-24/h8-11H,6-7,12-15H2,1-5H3,(H,21,22). The molecule has 0 atom stereocenters. The fraction of sp³-hybridized carbons (Fsp3) is 0.600. The molecule has 0 aromatic heterocycles. The van der Waals surface area contributed by atoms with E-state index in [1.54, 1.807) is 25.8 Å². The summed E-state index contributed by atoms with van der Waals surface area (Å²) in [5, 5.41) is 3.30. The zero-order valence-corrected chi connectivity index (χ0v) is 18.3. The highest BCUT2D eigenvalue weighted by molar-refractivity contribution is 7.92. The molecule has 1 aliphatic heterocycles. The van der Waals surface area contributed by atoms with Gasteiger partial charge >= 0.3 is 0 Å². The smallest absolute Gasteiger partial charge is 0.253 e. The van der Waals surface area contributed by atoms with Gasteiger partial charge < -0.3 is 15.1 Å². The van der Waals surface area contributed by atoms with E-state index in [1.165, 1.54) is 0 Å². The number of sulfone groups is 1. The lowest BCUT2D eigenvalue weighted by atomic mass is 10.1. The lowest BCUT2D eigenvalue weighted by Crippen LogP contribution is -2.57. The number of amides is 1. The van der Waals surface area contributed by atoms with Crippen LogP contribution in [0.3, 0.4) is 0 Å². The Morgan fingerprint density at radius 1 is 1.21 bits per heavy atom. The molecule has 1 aliphatic rings. The Kier molecular flexibility index (Phi) is 7.09. The molecule has 1 aromatic rings. The number of nitrogens with one attached hydrogen (secondary N) is 1. The molecule has 1 aromatic carbocycles. The molecule has 8 heteroatoms. The van der Waals surface area contributed by atoms with Gasteiger partial charge in [0.05, 0.1) is 10.5 Å². The molecule has 1 amide bonds. The van der Waals surface area contributed by atoms with Crippen LogP contribution in [0, 0.1) is 0 Å². The van der Waals surface area contributed by atoms with Crippen LogP contribution < -0.4 is 5.32 Å². The van der Waals surface area contributed by atoms with Gasteiger partial charge in [0.1, 0.15) is 0 Å². The number of guanidine groups is 1. The summed E-state index contributed by atoms with van der Waals surface area (Å²) in [6.07, 6.45) is 0. The zero-order chi connectivity index (χ0) is 20.9. The largest absolute Gasteiger partial charge is 0.352 e. The summed E-state index contributed by atoms with van der Waals surface area (Å²) in [6.45, 7) is 10.2. The fourth-order valence-corrected chi connectivity index (χ4v) is 4.66. The number of hydrogen-bond acceptors (Lipinski definition) is 4. The topological polar surface area (TPSA) is 82.1 Å². The van der Waals surface area contributed by atoms with Crippen molar-refractivity contribution in [1.29, 1.82) is 0 Å². The molecule has 1 N–H and O–H groups in total. The van der Waals surface area contributed by atoms with Crippen molar-refractivity contribution in [3.8, 4) is 0 Å². The molecule has 1 saturated heterocycles. The van der Waals surface area contributed by atoms with Crippen LogP contribution in [0.1, 0.15) is 43.6 Å². The summed E-state index contributed by atoms with van der Waals surface area (Å²) in [5.74, 6) is 0.853. The van der Waals surface area contributed by atoms with Crippen LogP contribution in [0.2, 0.25) is 0 Å². The minimum Gasteiger partial charge on any atom is -0.352 e. The van der Waals surface area contributed by atoms with E-state index in [9.17, 15) is 13.2 Å². The number of rotatable bonds is 5. The van der Waals surface area contributed by atoms with Crippen LogP contribution in [0.25, 0.3) is 0 Å². The minimum atomic E-state index is -3.09. The first kappa shape index (κ1) is 22.2. The first-order valence-electron chi connectivity index (χ1n) is 9.71. The molecule has 0 unspecified atom stereocenters. The Hall–Kier alpha value is -2.09. The number of carbonyl (C=O) groups is 1. The van der Waals surface area contributed by atoms with E-state index in [1.807, 2.05) is 43.0 Å². The zero-order valence-electron chi connectivity index (χ0n) is 17.5. The fourth-order valence-electron chi connectivity index (χ4n) is 3.30. The minimum absolute atomic E-state index is 0.0390. The van der Waals surface area contributed by atoms with Crippen molar-refractivity contribution < 1.29 is 13.2 Å². The molecule has 7 nitrogen and oxygen atoms in total. The number of hydrogen-bond donors (Lipinski definition) is 1. The number of aliphatic imine (C=N–C) groups is 1. The third-order valence-corrected chi connectivity index (χ3v) is 7.79. The van der Waals surface area contributed by atoms with Crippen LogP contribution in [-0.4, -0.2) is 73.8 Å². The average Bonchev–Trinajstić information content (AvgIpc) is 2.66. The van der Waals surface area contributed by atoms with E-state index >= 15 is 0 Å². The molecule has 0 bridgehead atoms. The Morgan fingerprint density at radius 2 is 1.82 bits per heavy atom. The molecule has 2 rings (SSSR count). The summed E-state index contributed by atoms with van der Waals surface area (Å²) < 4.78 is 23.6. The Morgan fingerprint density at radius 3 is 2.32 bits per heavy atom.